The highest BCUT2D eigenvalue weighted by atomic mass is 32.1. The van der Waals surface area contributed by atoms with Crippen LogP contribution in [0.15, 0.2) is 18.2 Å². The molecule has 0 fully saturated rings. The number of nitrogens with one attached hydrogen (secondary N) is 1. The number of ether oxygens (including phenoxy) is 1. The van der Waals surface area contributed by atoms with E-state index in [1.54, 1.807) is 12.1 Å². The Bertz CT molecular complexity index is 575. The zero-order valence-corrected chi connectivity index (χ0v) is 12.2. The van der Waals surface area contributed by atoms with Crippen LogP contribution >= 0.6 is 11.5 Å². The SMILES string of the molecule is CCCc1nnsc1C(NN)c1ccc(OC)cc1F. The van der Waals surface area contributed by atoms with Crippen molar-refractivity contribution in [1.29, 1.82) is 0 Å². The zero-order valence-electron chi connectivity index (χ0n) is 11.4. The van der Waals surface area contributed by atoms with Crippen LogP contribution in [0.2, 0.25) is 0 Å². The van der Waals surface area contributed by atoms with Gasteiger partial charge in [-0.15, -0.1) is 5.10 Å². The van der Waals surface area contributed by atoms with Gasteiger partial charge in [-0.25, -0.2) is 9.82 Å². The molecule has 1 aromatic heterocycles. The number of nitrogens with zero attached hydrogens (tertiary/aromatic N) is 2. The van der Waals surface area contributed by atoms with Crippen molar-refractivity contribution in [2.45, 2.75) is 25.8 Å². The van der Waals surface area contributed by atoms with Gasteiger partial charge in [0.15, 0.2) is 0 Å². The van der Waals surface area contributed by atoms with E-state index in [0.29, 0.717) is 11.3 Å². The third kappa shape index (κ3) is 2.95. The molecule has 0 aliphatic heterocycles. The normalized spacial score (nSPS) is 12.4. The van der Waals surface area contributed by atoms with Gasteiger partial charge in [0.05, 0.1) is 23.7 Å². The van der Waals surface area contributed by atoms with E-state index in [0.717, 1.165) is 23.4 Å². The van der Waals surface area contributed by atoms with Gasteiger partial charge in [-0.05, 0) is 24.0 Å². The molecule has 2 aromatic rings. The predicted octanol–water partition coefficient (Wildman–Crippen LogP) is 2.19. The molecule has 0 saturated heterocycles. The van der Waals surface area contributed by atoms with Gasteiger partial charge in [0, 0.05) is 11.6 Å². The first-order valence-electron chi connectivity index (χ1n) is 6.32. The van der Waals surface area contributed by atoms with Crippen molar-refractivity contribution in [1.82, 2.24) is 15.0 Å². The topological polar surface area (TPSA) is 73.1 Å². The summed E-state index contributed by atoms with van der Waals surface area (Å²) in [7, 11) is 1.50. The highest BCUT2D eigenvalue weighted by molar-refractivity contribution is 7.05. The van der Waals surface area contributed by atoms with Gasteiger partial charge in [0.25, 0.3) is 0 Å². The van der Waals surface area contributed by atoms with Crippen LogP contribution in [-0.2, 0) is 6.42 Å². The second kappa shape index (κ2) is 6.74. The predicted molar refractivity (Wildman–Crippen MR) is 76.0 cm³/mol. The Kier molecular flexibility index (Phi) is 4.99. The Hall–Kier alpha value is -1.57. The maximum absolute atomic E-state index is 14.2. The Labute approximate surface area is 121 Å². The molecular weight excluding hydrogens is 279 g/mol. The van der Waals surface area contributed by atoms with Crippen LogP contribution in [0.4, 0.5) is 4.39 Å². The first-order valence-corrected chi connectivity index (χ1v) is 7.09. The van der Waals surface area contributed by atoms with Gasteiger partial charge in [0.1, 0.15) is 11.6 Å². The number of hydrogen-bond donors (Lipinski definition) is 2. The molecule has 1 unspecified atom stereocenters. The van der Waals surface area contributed by atoms with Crippen LogP contribution in [0.3, 0.4) is 0 Å². The van der Waals surface area contributed by atoms with Crippen LogP contribution < -0.4 is 16.0 Å². The zero-order chi connectivity index (χ0) is 14.5. The van der Waals surface area contributed by atoms with Crippen molar-refractivity contribution < 1.29 is 9.13 Å². The van der Waals surface area contributed by atoms with Crippen molar-refractivity contribution in [3.05, 3.63) is 40.2 Å². The lowest BCUT2D eigenvalue weighted by Gasteiger charge is -2.16. The molecule has 1 aromatic carbocycles. The summed E-state index contributed by atoms with van der Waals surface area (Å²) in [5, 5.41) is 4.09. The number of aromatic nitrogens is 2. The van der Waals surface area contributed by atoms with Crippen molar-refractivity contribution in [3.8, 4) is 5.75 Å². The van der Waals surface area contributed by atoms with Crippen molar-refractivity contribution >= 4 is 11.5 Å². The molecule has 3 N–H and O–H groups in total. The summed E-state index contributed by atoms with van der Waals surface area (Å²) >= 11 is 1.23. The van der Waals surface area contributed by atoms with E-state index in [4.69, 9.17) is 10.6 Å². The molecule has 1 atom stereocenters. The molecule has 7 heteroatoms. The van der Waals surface area contributed by atoms with Crippen molar-refractivity contribution in [2.24, 2.45) is 5.84 Å². The smallest absolute Gasteiger partial charge is 0.132 e. The summed E-state index contributed by atoms with van der Waals surface area (Å²) < 4.78 is 23.1. The third-order valence-corrected chi connectivity index (χ3v) is 3.85. The fourth-order valence-electron chi connectivity index (χ4n) is 2.02. The summed E-state index contributed by atoms with van der Waals surface area (Å²) in [4.78, 5) is 0.846. The van der Waals surface area contributed by atoms with Crippen LogP contribution in [-0.4, -0.2) is 16.7 Å². The number of hydrogen-bond acceptors (Lipinski definition) is 6. The number of hydrazine groups is 1. The number of methoxy groups -OCH3 is 1. The highest BCUT2D eigenvalue weighted by Crippen LogP contribution is 2.30. The standard InChI is InChI=1S/C13H17FN4OS/c1-3-4-11-13(20-18-17-11)12(16-15)9-6-5-8(19-2)7-10(9)14/h5-7,12,16H,3-4,15H2,1-2H3. The first-order chi connectivity index (χ1) is 9.71. The summed E-state index contributed by atoms with van der Waals surface area (Å²) in [5.41, 5.74) is 3.96. The van der Waals surface area contributed by atoms with E-state index >= 15 is 0 Å². The number of halogens is 1. The van der Waals surface area contributed by atoms with Crippen LogP contribution in [0, 0.1) is 5.82 Å². The molecule has 0 spiro atoms. The van der Waals surface area contributed by atoms with E-state index in [-0.39, 0.29) is 5.82 Å². The maximum Gasteiger partial charge on any atom is 0.132 e. The lowest BCUT2D eigenvalue weighted by atomic mass is 10.0. The van der Waals surface area contributed by atoms with E-state index in [2.05, 4.69) is 21.9 Å². The molecule has 0 bridgehead atoms. The van der Waals surface area contributed by atoms with Crippen molar-refractivity contribution in [3.63, 3.8) is 0 Å². The van der Waals surface area contributed by atoms with Crippen LogP contribution in [0.5, 0.6) is 5.75 Å². The Morgan fingerprint density at radius 1 is 1.50 bits per heavy atom. The molecule has 0 radical (unpaired) electrons. The molecule has 0 aliphatic carbocycles. The molecule has 0 amide bonds. The molecule has 108 valence electrons. The van der Waals surface area contributed by atoms with Crippen molar-refractivity contribution in [2.75, 3.05) is 7.11 Å². The first kappa shape index (κ1) is 14.8. The molecular formula is C13H17FN4OS. The average Bonchev–Trinajstić information content (AvgIpc) is 2.90. The van der Waals surface area contributed by atoms with E-state index < -0.39 is 6.04 Å². The largest absolute Gasteiger partial charge is 0.497 e. The maximum atomic E-state index is 14.2. The Balaban J connectivity index is 2.39. The monoisotopic (exact) mass is 296 g/mol. The number of benzene rings is 1. The molecule has 0 aliphatic rings. The van der Waals surface area contributed by atoms with E-state index in [9.17, 15) is 4.39 Å². The molecule has 0 saturated carbocycles. The second-order valence-corrected chi connectivity index (χ2v) is 5.11. The van der Waals surface area contributed by atoms with Gasteiger partial charge >= 0.3 is 0 Å². The lowest BCUT2D eigenvalue weighted by Crippen LogP contribution is -2.29. The van der Waals surface area contributed by atoms with E-state index in [1.807, 2.05) is 0 Å². The summed E-state index contributed by atoms with van der Waals surface area (Å²) in [6, 6.07) is 4.25. The number of aryl methyl sites for hydroxylation is 1. The summed E-state index contributed by atoms with van der Waals surface area (Å²) in [6.07, 6.45) is 1.74. The minimum absolute atomic E-state index is 0.372. The fourth-order valence-corrected chi connectivity index (χ4v) is 2.80. The van der Waals surface area contributed by atoms with Crippen LogP contribution in [0.1, 0.15) is 35.5 Å². The highest BCUT2D eigenvalue weighted by Gasteiger charge is 2.22. The molecule has 1 heterocycles. The van der Waals surface area contributed by atoms with Crippen LogP contribution in [0.25, 0.3) is 0 Å². The Morgan fingerprint density at radius 2 is 2.30 bits per heavy atom. The van der Waals surface area contributed by atoms with Gasteiger partial charge in [-0.1, -0.05) is 23.9 Å². The van der Waals surface area contributed by atoms with Gasteiger partial charge < -0.3 is 4.74 Å². The molecule has 2 rings (SSSR count). The minimum atomic E-state index is -0.456. The third-order valence-electron chi connectivity index (χ3n) is 3.02. The van der Waals surface area contributed by atoms with Gasteiger partial charge in [-0.2, -0.15) is 0 Å². The molecule has 5 nitrogen and oxygen atoms in total. The summed E-state index contributed by atoms with van der Waals surface area (Å²) in [5.74, 6) is 5.70. The van der Waals surface area contributed by atoms with Gasteiger partial charge in [0.2, 0.25) is 0 Å². The molecule has 20 heavy (non-hydrogen) atoms. The summed E-state index contributed by atoms with van der Waals surface area (Å²) in [6.45, 7) is 2.06. The quantitative estimate of drug-likeness (QED) is 0.631. The lowest BCUT2D eigenvalue weighted by molar-refractivity contribution is 0.410. The minimum Gasteiger partial charge on any atom is -0.497 e. The second-order valence-electron chi connectivity index (χ2n) is 4.32. The Morgan fingerprint density at radius 3 is 2.90 bits per heavy atom. The van der Waals surface area contributed by atoms with E-state index in [1.165, 1.54) is 24.7 Å². The average molecular weight is 296 g/mol. The van der Waals surface area contributed by atoms with Gasteiger partial charge in [-0.3, -0.25) is 5.84 Å². The fraction of sp³-hybridized carbons (Fsp3) is 0.385. The number of nitrogens with two attached hydrogens (primary N) is 1. The number of rotatable bonds is 6.